The van der Waals surface area contributed by atoms with Gasteiger partial charge in [0.25, 0.3) is 0 Å². The van der Waals surface area contributed by atoms with Crippen molar-refractivity contribution in [3.05, 3.63) is 29.8 Å². The van der Waals surface area contributed by atoms with Gasteiger partial charge >= 0.3 is 0 Å². The molecule has 0 spiro atoms. The van der Waals surface area contributed by atoms with E-state index < -0.39 is 5.41 Å². The maximum atomic E-state index is 12.3. The van der Waals surface area contributed by atoms with Gasteiger partial charge in [0.1, 0.15) is 5.69 Å². The van der Waals surface area contributed by atoms with Gasteiger partial charge in [-0.25, -0.2) is 9.97 Å². The number of rotatable bonds is 2. The molecule has 0 fully saturated rings. The number of nitrogens with zero attached hydrogens (tertiary/aromatic N) is 4. The van der Waals surface area contributed by atoms with Gasteiger partial charge in [-0.1, -0.05) is 45.0 Å². The van der Waals surface area contributed by atoms with Crippen LogP contribution in [0.25, 0.3) is 22.4 Å². The summed E-state index contributed by atoms with van der Waals surface area (Å²) in [5.41, 5.74) is 19.3. The number of nitrogen functional groups attached to an aromatic ring is 3. The molecule has 128 valence electrons. The Labute approximate surface area is 144 Å². The van der Waals surface area contributed by atoms with Crippen molar-refractivity contribution in [1.82, 2.24) is 19.9 Å². The standard InChI is InChI=1S/C17H19N7O/c1-17(2,3)12(25)9-6-4-8(5-7-9)10-13(18)22-15-11(21-10)14(19)23-16(20)24-15/h4-7H,1-3H3,(H6,18,19,20,22,23,24). The summed E-state index contributed by atoms with van der Waals surface area (Å²) in [6.45, 7) is 5.64. The third-order valence-corrected chi connectivity index (χ3v) is 3.70. The lowest BCUT2D eigenvalue weighted by Gasteiger charge is -2.16. The van der Waals surface area contributed by atoms with E-state index in [0.717, 1.165) is 0 Å². The van der Waals surface area contributed by atoms with E-state index in [0.29, 0.717) is 22.3 Å². The number of Topliss-reactive ketones (excluding diaryl/α,β-unsaturated/α-hetero) is 1. The summed E-state index contributed by atoms with van der Waals surface area (Å²) in [6.07, 6.45) is 0. The normalized spacial score (nSPS) is 11.6. The van der Waals surface area contributed by atoms with Gasteiger partial charge in [0.2, 0.25) is 5.95 Å². The first kappa shape index (κ1) is 16.6. The van der Waals surface area contributed by atoms with Crippen LogP contribution < -0.4 is 17.2 Å². The van der Waals surface area contributed by atoms with E-state index in [1.54, 1.807) is 24.3 Å². The summed E-state index contributed by atoms with van der Waals surface area (Å²) in [6, 6.07) is 7.05. The van der Waals surface area contributed by atoms with E-state index >= 15 is 0 Å². The van der Waals surface area contributed by atoms with Gasteiger partial charge in [0, 0.05) is 16.5 Å². The number of nitrogens with two attached hydrogens (primary N) is 3. The fraction of sp³-hybridized carbons (Fsp3) is 0.235. The van der Waals surface area contributed by atoms with Crippen molar-refractivity contribution < 1.29 is 4.79 Å². The Hall–Kier alpha value is -3.29. The lowest BCUT2D eigenvalue weighted by molar-refractivity contribution is 0.0858. The maximum absolute atomic E-state index is 12.3. The van der Waals surface area contributed by atoms with Crippen molar-refractivity contribution in [2.75, 3.05) is 17.2 Å². The summed E-state index contributed by atoms with van der Waals surface area (Å²) in [7, 11) is 0. The van der Waals surface area contributed by atoms with Crippen molar-refractivity contribution in [2.45, 2.75) is 20.8 Å². The smallest absolute Gasteiger partial charge is 0.224 e. The number of ketones is 1. The molecule has 0 bridgehead atoms. The van der Waals surface area contributed by atoms with Crippen LogP contribution in [0.4, 0.5) is 17.6 Å². The second-order valence-electron chi connectivity index (χ2n) is 6.75. The Kier molecular flexibility index (Phi) is 3.75. The molecule has 0 unspecified atom stereocenters. The number of carbonyl (C=O) groups excluding carboxylic acids is 1. The molecule has 6 N–H and O–H groups in total. The lowest BCUT2D eigenvalue weighted by Crippen LogP contribution is -2.19. The highest BCUT2D eigenvalue weighted by Crippen LogP contribution is 2.28. The van der Waals surface area contributed by atoms with Crippen LogP contribution >= 0.6 is 0 Å². The minimum absolute atomic E-state index is 0.0106. The van der Waals surface area contributed by atoms with Gasteiger partial charge in [0.15, 0.2) is 28.6 Å². The molecule has 2 aromatic heterocycles. The summed E-state index contributed by atoms with van der Waals surface area (Å²) < 4.78 is 0. The third-order valence-electron chi connectivity index (χ3n) is 3.70. The number of fused-ring (bicyclic) bond motifs is 1. The van der Waals surface area contributed by atoms with Gasteiger partial charge < -0.3 is 17.2 Å². The molecule has 3 rings (SSSR count). The van der Waals surface area contributed by atoms with Gasteiger partial charge in [-0.05, 0) is 0 Å². The zero-order valence-corrected chi connectivity index (χ0v) is 14.2. The van der Waals surface area contributed by atoms with Crippen LogP contribution in [0.5, 0.6) is 0 Å². The highest BCUT2D eigenvalue weighted by molar-refractivity contribution is 6.00. The van der Waals surface area contributed by atoms with Gasteiger partial charge in [-0.3, -0.25) is 4.79 Å². The van der Waals surface area contributed by atoms with E-state index in [-0.39, 0.29) is 29.0 Å². The van der Waals surface area contributed by atoms with Crippen molar-refractivity contribution in [2.24, 2.45) is 5.41 Å². The third kappa shape index (κ3) is 3.06. The van der Waals surface area contributed by atoms with Crippen LogP contribution in [0.15, 0.2) is 24.3 Å². The molecule has 0 amide bonds. The van der Waals surface area contributed by atoms with Crippen molar-refractivity contribution >= 4 is 34.5 Å². The SMILES string of the molecule is CC(C)(C)C(=O)c1ccc(-c2nc3c(N)nc(N)nc3nc2N)cc1. The largest absolute Gasteiger partial charge is 0.382 e. The Morgan fingerprint density at radius 2 is 1.52 bits per heavy atom. The summed E-state index contributed by atoms with van der Waals surface area (Å²) in [5, 5.41) is 0. The van der Waals surface area contributed by atoms with Crippen LogP contribution in [0.2, 0.25) is 0 Å². The minimum atomic E-state index is -0.449. The summed E-state index contributed by atoms with van der Waals surface area (Å²) >= 11 is 0. The second kappa shape index (κ2) is 5.66. The molecule has 0 atom stereocenters. The summed E-state index contributed by atoms with van der Waals surface area (Å²) in [4.78, 5) is 28.8. The van der Waals surface area contributed by atoms with Gasteiger partial charge in [-0.15, -0.1) is 0 Å². The fourth-order valence-corrected chi connectivity index (χ4v) is 2.42. The Morgan fingerprint density at radius 1 is 0.880 bits per heavy atom. The number of carbonyl (C=O) groups is 1. The topological polar surface area (TPSA) is 147 Å². The number of anilines is 3. The van der Waals surface area contributed by atoms with Gasteiger partial charge in [-0.2, -0.15) is 9.97 Å². The highest BCUT2D eigenvalue weighted by atomic mass is 16.1. The van der Waals surface area contributed by atoms with Crippen molar-refractivity contribution in [3.63, 3.8) is 0 Å². The molecule has 2 heterocycles. The van der Waals surface area contributed by atoms with Crippen molar-refractivity contribution in [3.8, 4) is 11.3 Å². The molecule has 0 saturated heterocycles. The molecule has 0 saturated carbocycles. The molecule has 25 heavy (non-hydrogen) atoms. The first-order valence-corrected chi connectivity index (χ1v) is 7.68. The first-order valence-electron chi connectivity index (χ1n) is 7.68. The van der Waals surface area contributed by atoms with Crippen LogP contribution in [0.1, 0.15) is 31.1 Å². The van der Waals surface area contributed by atoms with Crippen LogP contribution in [-0.2, 0) is 0 Å². The zero-order chi connectivity index (χ0) is 18.4. The molecule has 3 aromatic rings. The highest BCUT2D eigenvalue weighted by Gasteiger charge is 2.23. The van der Waals surface area contributed by atoms with Crippen molar-refractivity contribution in [1.29, 1.82) is 0 Å². The molecule has 0 aliphatic carbocycles. The number of benzene rings is 1. The van der Waals surface area contributed by atoms with E-state index in [1.165, 1.54) is 0 Å². The average Bonchev–Trinajstić information content (AvgIpc) is 2.52. The number of aromatic nitrogens is 4. The summed E-state index contributed by atoms with van der Waals surface area (Å²) in [5.74, 6) is 0.400. The molecule has 0 radical (unpaired) electrons. The average molecular weight is 337 g/mol. The van der Waals surface area contributed by atoms with E-state index in [2.05, 4.69) is 19.9 Å². The predicted octanol–water partition coefficient (Wildman–Crippen LogP) is 2.06. The first-order chi connectivity index (χ1) is 11.7. The van der Waals surface area contributed by atoms with Crippen LogP contribution in [-0.4, -0.2) is 25.7 Å². The van der Waals surface area contributed by atoms with E-state index in [9.17, 15) is 4.79 Å². The fourth-order valence-electron chi connectivity index (χ4n) is 2.42. The number of hydrogen-bond acceptors (Lipinski definition) is 8. The molecule has 1 aromatic carbocycles. The molecule has 0 aliphatic rings. The lowest BCUT2D eigenvalue weighted by atomic mass is 9.86. The Bertz CT molecular complexity index is 975. The van der Waals surface area contributed by atoms with Gasteiger partial charge in [0.05, 0.1) is 0 Å². The Balaban J connectivity index is 2.07. The maximum Gasteiger partial charge on any atom is 0.224 e. The van der Waals surface area contributed by atoms with E-state index in [1.807, 2.05) is 20.8 Å². The quantitative estimate of drug-likeness (QED) is 0.602. The molecule has 8 nitrogen and oxygen atoms in total. The molecule has 0 aliphatic heterocycles. The van der Waals surface area contributed by atoms with Crippen LogP contribution in [0, 0.1) is 5.41 Å². The minimum Gasteiger partial charge on any atom is -0.382 e. The second-order valence-corrected chi connectivity index (χ2v) is 6.75. The Morgan fingerprint density at radius 3 is 2.12 bits per heavy atom. The zero-order valence-electron chi connectivity index (χ0n) is 14.2. The molecule has 8 heteroatoms. The van der Waals surface area contributed by atoms with E-state index in [4.69, 9.17) is 17.2 Å². The van der Waals surface area contributed by atoms with Crippen LogP contribution in [0.3, 0.4) is 0 Å². The monoisotopic (exact) mass is 337 g/mol. The number of hydrogen-bond donors (Lipinski definition) is 3. The molecular weight excluding hydrogens is 318 g/mol. The molecular formula is C17H19N7O. The predicted molar refractivity (Wildman–Crippen MR) is 97.6 cm³/mol.